The number of carbonyl (C=O) groups is 1. The van der Waals surface area contributed by atoms with E-state index in [2.05, 4.69) is 26.2 Å². The van der Waals surface area contributed by atoms with Crippen LogP contribution in [0.2, 0.25) is 5.02 Å². The number of hydrogen-bond donors (Lipinski definition) is 2. The lowest BCUT2D eigenvalue weighted by Crippen LogP contribution is -2.44. The van der Waals surface area contributed by atoms with Crippen LogP contribution in [-0.4, -0.2) is 22.0 Å². The molecule has 0 aliphatic carbocycles. The molecule has 0 unspecified atom stereocenters. The molecule has 2 atom stereocenters. The Morgan fingerprint density at radius 3 is 2.96 bits per heavy atom. The number of carbonyl (C=O) groups excluding carboxylic acids is 1. The summed E-state index contributed by atoms with van der Waals surface area (Å²) in [7, 11) is 0. The zero-order valence-electron chi connectivity index (χ0n) is 13.0. The van der Waals surface area contributed by atoms with Gasteiger partial charge in [-0.25, -0.2) is 9.18 Å². The summed E-state index contributed by atoms with van der Waals surface area (Å²) >= 11 is 9.09. The minimum absolute atomic E-state index is 0.0121. The van der Waals surface area contributed by atoms with Crippen molar-refractivity contribution in [2.24, 2.45) is 0 Å². The highest BCUT2D eigenvalue weighted by Crippen LogP contribution is 2.43. The van der Waals surface area contributed by atoms with E-state index >= 15 is 0 Å². The molecule has 3 heterocycles. The summed E-state index contributed by atoms with van der Waals surface area (Å²) in [4.78, 5) is 28.7. The minimum Gasteiger partial charge on any atom is -0.329 e. The molecular formula is C17H14BrClFN3O2. The van der Waals surface area contributed by atoms with E-state index in [1.807, 2.05) is 0 Å². The number of amides is 2. The number of aromatic amines is 1. The molecule has 1 saturated heterocycles. The third kappa shape index (κ3) is 2.85. The Bertz CT molecular complexity index is 933. The third-order valence-electron chi connectivity index (χ3n) is 4.85. The van der Waals surface area contributed by atoms with Crippen LogP contribution in [-0.2, 0) is 6.42 Å². The van der Waals surface area contributed by atoms with Gasteiger partial charge in [0, 0.05) is 22.8 Å². The molecule has 25 heavy (non-hydrogen) atoms. The predicted molar refractivity (Wildman–Crippen MR) is 96.5 cm³/mol. The van der Waals surface area contributed by atoms with E-state index in [-0.39, 0.29) is 34.4 Å². The minimum atomic E-state index is -0.587. The van der Waals surface area contributed by atoms with Gasteiger partial charge in [0.05, 0.1) is 16.8 Å². The first-order valence-corrected chi connectivity index (χ1v) is 9.06. The maximum absolute atomic E-state index is 14.1. The van der Waals surface area contributed by atoms with E-state index in [0.717, 1.165) is 30.0 Å². The Kier molecular flexibility index (Phi) is 4.08. The molecule has 0 saturated carbocycles. The van der Waals surface area contributed by atoms with E-state index in [0.29, 0.717) is 10.9 Å². The standard InChI is InChI=1S/C17H14BrClFN3O2/c18-11-5-14(13(20)6-12(11)19)22-17(25)23-9-1-2-15(23)10-7-21-16(24)4-8(10)3-9/h4-7,9,15H,1-3H2,(H,21,24)(H,22,25)/t9-,15+/m1/s1. The molecule has 5 nitrogen and oxygen atoms in total. The molecular weight excluding hydrogens is 413 g/mol. The molecule has 2 bridgehead atoms. The van der Waals surface area contributed by atoms with Gasteiger partial charge in [0.1, 0.15) is 5.82 Å². The second-order valence-electron chi connectivity index (χ2n) is 6.31. The van der Waals surface area contributed by atoms with Gasteiger partial charge in [0.15, 0.2) is 0 Å². The number of benzene rings is 1. The van der Waals surface area contributed by atoms with Gasteiger partial charge >= 0.3 is 6.03 Å². The second-order valence-corrected chi connectivity index (χ2v) is 7.57. The number of hydrogen-bond acceptors (Lipinski definition) is 2. The number of H-pyrrole nitrogens is 1. The highest BCUT2D eigenvalue weighted by molar-refractivity contribution is 9.10. The molecule has 1 aromatic heterocycles. The summed E-state index contributed by atoms with van der Waals surface area (Å²) in [6.07, 6.45) is 4.00. The Hall–Kier alpha value is -1.86. The molecule has 2 aliphatic rings. The van der Waals surface area contributed by atoms with Gasteiger partial charge in [-0.15, -0.1) is 0 Å². The van der Waals surface area contributed by atoms with Gasteiger partial charge in [-0.3, -0.25) is 4.79 Å². The first-order valence-electron chi connectivity index (χ1n) is 7.89. The summed E-state index contributed by atoms with van der Waals surface area (Å²) in [6.45, 7) is 0. The maximum Gasteiger partial charge on any atom is 0.322 e. The van der Waals surface area contributed by atoms with Crippen LogP contribution in [0.15, 0.2) is 33.7 Å². The fourth-order valence-electron chi connectivity index (χ4n) is 3.76. The van der Waals surface area contributed by atoms with Gasteiger partial charge in [0.25, 0.3) is 0 Å². The quantitative estimate of drug-likeness (QED) is 0.671. The summed E-state index contributed by atoms with van der Waals surface area (Å²) < 4.78 is 14.6. The van der Waals surface area contributed by atoms with Gasteiger partial charge < -0.3 is 15.2 Å². The maximum atomic E-state index is 14.1. The van der Waals surface area contributed by atoms with Crippen molar-refractivity contribution in [2.45, 2.75) is 31.3 Å². The number of aromatic nitrogens is 1. The van der Waals surface area contributed by atoms with Crippen molar-refractivity contribution in [2.75, 3.05) is 5.32 Å². The number of urea groups is 1. The van der Waals surface area contributed by atoms with E-state index in [9.17, 15) is 14.0 Å². The van der Waals surface area contributed by atoms with Crippen molar-refractivity contribution in [3.8, 4) is 0 Å². The molecule has 4 rings (SSSR count). The zero-order valence-corrected chi connectivity index (χ0v) is 15.3. The first kappa shape index (κ1) is 16.6. The summed E-state index contributed by atoms with van der Waals surface area (Å²) in [5.41, 5.74) is 1.89. The Balaban J connectivity index is 1.63. The fourth-order valence-corrected chi connectivity index (χ4v) is 4.25. The van der Waals surface area contributed by atoms with Crippen LogP contribution in [0.3, 0.4) is 0 Å². The van der Waals surface area contributed by atoms with Crippen molar-refractivity contribution in [3.05, 3.63) is 61.2 Å². The van der Waals surface area contributed by atoms with Gasteiger partial charge in [-0.05, 0) is 58.5 Å². The molecule has 2 aromatic rings. The van der Waals surface area contributed by atoms with E-state index in [1.54, 1.807) is 17.2 Å². The highest BCUT2D eigenvalue weighted by atomic mass is 79.9. The second kappa shape index (κ2) is 6.14. The number of nitrogens with one attached hydrogen (secondary N) is 2. The molecule has 1 aromatic carbocycles. The summed E-state index contributed by atoms with van der Waals surface area (Å²) in [6, 6.07) is 3.77. The number of nitrogens with zero attached hydrogens (tertiary/aromatic N) is 1. The fraction of sp³-hybridized carbons (Fsp3) is 0.294. The van der Waals surface area contributed by atoms with Crippen molar-refractivity contribution in [3.63, 3.8) is 0 Å². The third-order valence-corrected chi connectivity index (χ3v) is 6.05. The lowest BCUT2D eigenvalue weighted by molar-refractivity contribution is 0.179. The lowest BCUT2D eigenvalue weighted by atomic mass is 9.95. The van der Waals surface area contributed by atoms with Crippen LogP contribution in [0, 0.1) is 5.82 Å². The highest BCUT2D eigenvalue weighted by Gasteiger charge is 2.42. The SMILES string of the molecule is O=C(Nc1cc(Br)c(Cl)cc1F)N1[C@@H]2CC[C@H]1c1c[nH]c(=O)cc1C2. The molecule has 2 amide bonds. The molecule has 0 spiro atoms. The van der Waals surface area contributed by atoms with Crippen LogP contribution in [0.25, 0.3) is 0 Å². The van der Waals surface area contributed by atoms with Crippen LogP contribution in [0.5, 0.6) is 0 Å². The smallest absolute Gasteiger partial charge is 0.322 e. The van der Waals surface area contributed by atoms with Crippen molar-refractivity contribution < 1.29 is 9.18 Å². The molecule has 8 heteroatoms. The average Bonchev–Trinajstić information content (AvgIpc) is 2.88. The summed E-state index contributed by atoms with van der Waals surface area (Å²) in [5.74, 6) is -0.587. The Morgan fingerprint density at radius 1 is 1.36 bits per heavy atom. The monoisotopic (exact) mass is 425 g/mol. The normalized spacial score (nSPS) is 21.2. The zero-order chi connectivity index (χ0) is 17.7. The number of fused-ring (bicyclic) bond motifs is 4. The number of anilines is 1. The van der Waals surface area contributed by atoms with Crippen molar-refractivity contribution >= 4 is 39.2 Å². The Morgan fingerprint density at radius 2 is 2.16 bits per heavy atom. The Labute approximate surface area is 156 Å². The average molecular weight is 427 g/mol. The molecule has 0 radical (unpaired) electrons. The van der Waals surface area contributed by atoms with Crippen LogP contribution < -0.4 is 10.9 Å². The molecule has 1 fully saturated rings. The van der Waals surface area contributed by atoms with Crippen molar-refractivity contribution in [1.82, 2.24) is 9.88 Å². The topological polar surface area (TPSA) is 65.2 Å². The van der Waals surface area contributed by atoms with Gasteiger partial charge in [0.2, 0.25) is 5.56 Å². The molecule has 2 N–H and O–H groups in total. The lowest BCUT2D eigenvalue weighted by Gasteiger charge is -2.36. The first-order chi connectivity index (χ1) is 11.9. The van der Waals surface area contributed by atoms with E-state index in [1.165, 1.54) is 6.07 Å². The number of pyridine rings is 1. The van der Waals surface area contributed by atoms with Crippen molar-refractivity contribution in [1.29, 1.82) is 0 Å². The van der Waals surface area contributed by atoms with Crippen LogP contribution >= 0.6 is 27.5 Å². The predicted octanol–water partition coefficient (Wildman–Crippen LogP) is 4.22. The largest absolute Gasteiger partial charge is 0.329 e. The molecule has 130 valence electrons. The van der Waals surface area contributed by atoms with E-state index in [4.69, 9.17) is 11.6 Å². The molecule has 2 aliphatic heterocycles. The summed E-state index contributed by atoms with van der Waals surface area (Å²) in [5, 5.41) is 2.88. The number of rotatable bonds is 1. The number of halogens is 3. The van der Waals surface area contributed by atoms with Crippen LogP contribution in [0.1, 0.15) is 30.0 Å². The van der Waals surface area contributed by atoms with Gasteiger partial charge in [-0.2, -0.15) is 0 Å². The van der Waals surface area contributed by atoms with Crippen LogP contribution in [0.4, 0.5) is 14.9 Å². The van der Waals surface area contributed by atoms with Gasteiger partial charge in [-0.1, -0.05) is 11.6 Å². The van der Waals surface area contributed by atoms with E-state index < -0.39 is 5.82 Å².